The zero-order chi connectivity index (χ0) is 19.2. The Labute approximate surface area is 186 Å². The van der Waals surface area contributed by atoms with Crippen LogP contribution >= 0.6 is 39.9 Å². The molecule has 2 rings (SSSR count). The van der Waals surface area contributed by atoms with Crippen molar-refractivity contribution < 1.29 is 8.42 Å². The Morgan fingerprint density at radius 3 is 2.56 bits per heavy atom. The molecule has 0 aliphatic carbocycles. The molecular formula is C18H24BrIN4O2S. The third-order valence-electron chi connectivity index (χ3n) is 3.70. The van der Waals surface area contributed by atoms with E-state index in [1.165, 1.54) is 6.07 Å². The molecule has 0 bridgehead atoms. The summed E-state index contributed by atoms with van der Waals surface area (Å²) in [7, 11) is -1.76. The molecule has 0 atom stereocenters. The predicted octanol–water partition coefficient (Wildman–Crippen LogP) is 3.31. The normalized spacial score (nSPS) is 11.6. The first kappa shape index (κ1) is 23.9. The second-order valence-electron chi connectivity index (χ2n) is 5.81. The first-order chi connectivity index (χ1) is 12.3. The molecule has 0 aliphatic rings. The van der Waals surface area contributed by atoms with Gasteiger partial charge in [-0.15, -0.1) is 24.0 Å². The number of nitrogens with two attached hydrogens (primary N) is 1. The van der Waals surface area contributed by atoms with Crippen LogP contribution in [-0.4, -0.2) is 32.9 Å². The van der Waals surface area contributed by atoms with Crippen LogP contribution in [0.2, 0.25) is 0 Å². The third-order valence-corrected chi connectivity index (χ3v) is 5.38. The van der Waals surface area contributed by atoms with Gasteiger partial charge < -0.3 is 10.2 Å². The minimum Gasteiger partial charge on any atom is -0.357 e. The molecule has 9 heteroatoms. The summed E-state index contributed by atoms with van der Waals surface area (Å²) in [6.07, 6.45) is 0. The summed E-state index contributed by atoms with van der Waals surface area (Å²) < 4.78 is 24.0. The van der Waals surface area contributed by atoms with Gasteiger partial charge in [0.2, 0.25) is 10.0 Å². The zero-order valence-electron chi connectivity index (χ0n) is 15.2. The predicted molar refractivity (Wildman–Crippen MR) is 124 cm³/mol. The molecule has 27 heavy (non-hydrogen) atoms. The van der Waals surface area contributed by atoms with Crippen LogP contribution in [0.1, 0.15) is 18.1 Å². The summed E-state index contributed by atoms with van der Waals surface area (Å²) in [6, 6.07) is 14.6. The Morgan fingerprint density at radius 1 is 1.22 bits per heavy atom. The molecule has 3 N–H and O–H groups in total. The lowest BCUT2D eigenvalue weighted by molar-refractivity contribution is 0.476. The van der Waals surface area contributed by atoms with E-state index in [0.29, 0.717) is 13.1 Å². The van der Waals surface area contributed by atoms with Gasteiger partial charge in [-0.3, -0.25) is 0 Å². The highest BCUT2D eigenvalue weighted by Gasteiger charge is 2.10. The van der Waals surface area contributed by atoms with Gasteiger partial charge in [-0.05, 0) is 36.2 Å². The molecule has 0 aromatic heterocycles. The number of primary sulfonamides is 1. The van der Waals surface area contributed by atoms with E-state index in [1.807, 2.05) is 43.1 Å². The number of hydrogen-bond acceptors (Lipinski definition) is 3. The van der Waals surface area contributed by atoms with E-state index >= 15 is 0 Å². The molecule has 0 unspecified atom stereocenters. The number of aliphatic imine (C=N–C) groups is 1. The molecule has 0 saturated carbocycles. The average molecular weight is 567 g/mol. The van der Waals surface area contributed by atoms with Gasteiger partial charge in [0.1, 0.15) is 0 Å². The van der Waals surface area contributed by atoms with Crippen LogP contribution in [0, 0.1) is 0 Å². The van der Waals surface area contributed by atoms with E-state index in [2.05, 4.69) is 32.3 Å². The summed E-state index contributed by atoms with van der Waals surface area (Å²) in [5.41, 5.74) is 1.93. The van der Waals surface area contributed by atoms with Crippen LogP contribution in [0.5, 0.6) is 0 Å². The van der Waals surface area contributed by atoms with E-state index in [1.54, 1.807) is 12.1 Å². The second-order valence-corrected chi connectivity index (χ2v) is 8.23. The monoisotopic (exact) mass is 566 g/mol. The minimum absolute atomic E-state index is 0. The molecule has 148 valence electrons. The van der Waals surface area contributed by atoms with E-state index < -0.39 is 10.0 Å². The molecular weight excluding hydrogens is 543 g/mol. The summed E-state index contributed by atoms with van der Waals surface area (Å²) in [5.74, 6) is 0.740. The van der Waals surface area contributed by atoms with Gasteiger partial charge in [-0.2, -0.15) is 0 Å². The number of benzene rings is 2. The molecule has 0 radical (unpaired) electrons. The SMILES string of the molecule is CCNC(=NCc1cccc(S(N)(=O)=O)c1)N(C)Cc1ccccc1Br.I. The zero-order valence-corrected chi connectivity index (χ0v) is 20.0. The maximum atomic E-state index is 11.5. The topological polar surface area (TPSA) is 87.8 Å². The number of nitrogens with one attached hydrogen (secondary N) is 1. The standard InChI is InChI=1S/C18H23BrN4O2S.HI/c1-3-21-18(23(2)13-15-8-4-5-10-17(15)19)22-12-14-7-6-9-16(11-14)26(20,24)25;/h4-11H,3,12-13H2,1-2H3,(H,21,22)(H2,20,24,25);1H. The van der Waals surface area contributed by atoms with Crippen LogP contribution in [0.15, 0.2) is 62.9 Å². The fourth-order valence-electron chi connectivity index (χ4n) is 2.41. The minimum atomic E-state index is -3.72. The van der Waals surface area contributed by atoms with Crippen LogP contribution in [-0.2, 0) is 23.1 Å². The lowest BCUT2D eigenvalue weighted by Crippen LogP contribution is -2.38. The smallest absolute Gasteiger partial charge is 0.238 e. The number of halogens is 2. The van der Waals surface area contributed by atoms with Crippen molar-refractivity contribution in [2.75, 3.05) is 13.6 Å². The van der Waals surface area contributed by atoms with Crippen LogP contribution in [0.3, 0.4) is 0 Å². The summed E-state index contributed by atoms with van der Waals surface area (Å²) in [4.78, 5) is 6.73. The van der Waals surface area contributed by atoms with Crippen molar-refractivity contribution in [1.29, 1.82) is 0 Å². The van der Waals surface area contributed by atoms with E-state index in [-0.39, 0.29) is 28.9 Å². The van der Waals surface area contributed by atoms with Gasteiger partial charge in [0.25, 0.3) is 0 Å². The molecule has 6 nitrogen and oxygen atoms in total. The fourth-order valence-corrected chi connectivity index (χ4v) is 3.41. The third kappa shape index (κ3) is 7.40. The Hall–Kier alpha value is -1.17. The first-order valence-electron chi connectivity index (χ1n) is 8.16. The summed E-state index contributed by atoms with van der Waals surface area (Å²) in [6.45, 7) is 3.77. The number of rotatable bonds is 6. The van der Waals surface area contributed by atoms with Crippen LogP contribution < -0.4 is 10.5 Å². The maximum Gasteiger partial charge on any atom is 0.238 e. The van der Waals surface area contributed by atoms with Crippen molar-refractivity contribution in [2.45, 2.75) is 24.9 Å². The molecule has 2 aromatic carbocycles. The fraction of sp³-hybridized carbons (Fsp3) is 0.278. The average Bonchev–Trinajstić information content (AvgIpc) is 2.60. The largest absolute Gasteiger partial charge is 0.357 e. The molecule has 2 aromatic rings. The quantitative estimate of drug-likeness (QED) is 0.319. The highest BCUT2D eigenvalue weighted by Crippen LogP contribution is 2.17. The van der Waals surface area contributed by atoms with Crippen LogP contribution in [0.25, 0.3) is 0 Å². The number of sulfonamides is 1. The highest BCUT2D eigenvalue weighted by molar-refractivity contribution is 14.0. The summed E-state index contributed by atoms with van der Waals surface area (Å²) in [5, 5.41) is 8.44. The Bertz CT molecular complexity index is 890. The van der Waals surface area contributed by atoms with Gasteiger partial charge >= 0.3 is 0 Å². The highest BCUT2D eigenvalue weighted by atomic mass is 127. The van der Waals surface area contributed by atoms with Crippen molar-refractivity contribution in [2.24, 2.45) is 10.1 Å². The number of guanidine groups is 1. The molecule has 0 amide bonds. The molecule has 0 aliphatic heterocycles. The second kappa shape index (κ2) is 11.0. The lowest BCUT2D eigenvalue weighted by atomic mass is 10.2. The van der Waals surface area contributed by atoms with Gasteiger partial charge in [-0.25, -0.2) is 18.5 Å². The molecule has 0 spiro atoms. The van der Waals surface area contributed by atoms with Gasteiger partial charge in [0.05, 0.1) is 11.4 Å². The van der Waals surface area contributed by atoms with Crippen molar-refractivity contribution in [3.05, 3.63) is 64.1 Å². The Kier molecular flexibility index (Phi) is 9.71. The molecule has 0 saturated heterocycles. The number of nitrogens with zero attached hydrogens (tertiary/aromatic N) is 2. The van der Waals surface area contributed by atoms with Crippen LogP contribution in [0.4, 0.5) is 0 Å². The van der Waals surface area contributed by atoms with Crippen molar-refractivity contribution in [3.8, 4) is 0 Å². The first-order valence-corrected chi connectivity index (χ1v) is 10.5. The van der Waals surface area contributed by atoms with E-state index in [0.717, 1.165) is 28.1 Å². The Balaban J connectivity index is 0.00000364. The van der Waals surface area contributed by atoms with Crippen molar-refractivity contribution in [1.82, 2.24) is 10.2 Å². The lowest BCUT2D eigenvalue weighted by Gasteiger charge is -2.22. The van der Waals surface area contributed by atoms with Gasteiger partial charge in [0, 0.05) is 24.6 Å². The maximum absolute atomic E-state index is 11.5. The summed E-state index contributed by atoms with van der Waals surface area (Å²) >= 11 is 3.56. The number of hydrogen-bond donors (Lipinski definition) is 2. The van der Waals surface area contributed by atoms with E-state index in [9.17, 15) is 8.42 Å². The Morgan fingerprint density at radius 2 is 1.93 bits per heavy atom. The van der Waals surface area contributed by atoms with Gasteiger partial charge in [-0.1, -0.05) is 46.3 Å². The van der Waals surface area contributed by atoms with Crippen molar-refractivity contribution >= 4 is 55.9 Å². The molecule has 0 heterocycles. The van der Waals surface area contributed by atoms with Crippen molar-refractivity contribution in [3.63, 3.8) is 0 Å². The van der Waals surface area contributed by atoms with Gasteiger partial charge in [0.15, 0.2) is 5.96 Å². The van der Waals surface area contributed by atoms with E-state index in [4.69, 9.17) is 5.14 Å². The molecule has 0 fully saturated rings.